The molecule has 0 saturated carbocycles. The first-order valence-corrected chi connectivity index (χ1v) is 6.61. The van der Waals surface area contributed by atoms with Crippen molar-refractivity contribution in [3.8, 4) is 0 Å². The van der Waals surface area contributed by atoms with Crippen LogP contribution in [0.15, 0.2) is 6.20 Å². The maximum atomic E-state index is 8.95. The van der Waals surface area contributed by atoms with Crippen LogP contribution in [0, 0.1) is 0 Å². The van der Waals surface area contributed by atoms with Crippen LogP contribution >= 0.6 is 11.6 Å². The minimum Gasteiger partial charge on any atom is -0.396 e. The number of halogens is 1. The van der Waals surface area contributed by atoms with Gasteiger partial charge in [-0.15, -0.1) is 0 Å². The van der Waals surface area contributed by atoms with E-state index in [4.69, 9.17) is 16.7 Å². The smallest absolute Gasteiger partial charge is 0.224 e. The zero-order chi connectivity index (χ0) is 13.5. The number of aromatic nitrogens is 2. The van der Waals surface area contributed by atoms with Crippen LogP contribution in [0.25, 0.3) is 0 Å². The van der Waals surface area contributed by atoms with Crippen LogP contribution in [0.1, 0.15) is 27.2 Å². The summed E-state index contributed by atoms with van der Waals surface area (Å²) >= 11 is 6.16. The van der Waals surface area contributed by atoms with Gasteiger partial charge in [-0.05, 0) is 27.2 Å². The standard InChI is InChI=1S/C12H21ClN4O/c1-4-14-12-15-8-10(13)11(16-12)17(9(2)3)6-5-7-18/h8-9,18H,4-7H2,1-3H3,(H,14,15,16). The molecule has 1 rings (SSSR count). The molecule has 0 aliphatic heterocycles. The summed E-state index contributed by atoms with van der Waals surface area (Å²) in [5.41, 5.74) is 0. The number of nitrogens with one attached hydrogen (secondary N) is 1. The van der Waals surface area contributed by atoms with E-state index in [2.05, 4.69) is 34.0 Å². The average molecular weight is 273 g/mol. The van der Waals surface area contributed by atoms with Gasteiger partial charge >= 0.3 is 0 Å². The van der Waals surface area contributed by atoms with Gasteiger partial charge in [0.1, 0.15) is 5.02 Å². The van der Waals surface area contributed by atoms with Crippen LogP contribution in [-0.2, 0) is 0 Å². The highest BCUT2D eigenvalue weighted by Gasteiger charge is 2.16. The Morgan fingerprint density at radius 3 is 2.78 bits per heavy atom. The molecule has 0 unspecified atom stereocenters. The van der Waals surface area contributed by atoms with Crippen LogP contribution in [-0.4, -0.2) is 40.8 Å². The molecule has 0 amide bonds. The third-order valence-electron chi connectivity index (χ3n) is 2.51. The molecule has 0 aliphatic carbocycles. The van der Waals surface area contributed by atoms with E-state index in [-0.39, 0.29) is 12.6 Å². The van der Waals surface area contributed by atoms with Crippen molar-refractivity contribution in [2.24, 2.45) is 0 Å². The Bertz CT molecular complexity index is 373. The van der Waals surface area contributed by atoms with Crippen molar-refractivity contribution in [2.45, 2.75) is 33.2 Å². The van der Waals surface area contributed by atoms with E-state index in [1.54, 1.807) is 6.20 Å². The summed E-state index contributed by atoms with van der Waals surface area (Å²) in [7, 11) is 0. The normalized spacial score (nSPS) is 10.8. The van der Waals surface area contributed by atoms with Crippen molar-refractivity contribution >= 4 is 23.4 Å². The minimum absolute atomic E-state index is 0.159. The second kappa shape index (κ2) is 7.38. The number of aliphatic hydroxyl groups is 1. The summed E-state index contributed by atoms with van der Waals surface area (Å²) in [6.45, 7) is 7.77. The van der Waals surface area contributed by atoms with Gasteiger partial charge in [-0.1, -0.05) is 11.6 Å². The van der Waals surface area contributed by atoms with Crippen LogP contribution in [0.3, 0.4) is 0 Å². The van der Waals surface area contributed by atoms with Crippen molar-refractivity contribution in [3.63, 3.8) is 0 Å². The van der Waals surface area contributed by atoms with Crippen LogP contribution in [0.4, 0.5) is 11.8 Å². The molecule has 1 aromatic heterocycles. The van der Waals surface area contributed by atoms with Crippen molar-refractivity contribution in [3.05, 3.63) is 11.2 Å². The summed E-state index contributed by atoms with van der Waals surface area (Å²) in [6.07, 6.45) is 2.30. The van der Waals surface area contributed by atoms with Gasteiger partial charge in [0.2, 0.25) is 5.95 Å². The lowest BCUT2D eigenvalue weighted by molar-refractivity contribution is 0.288. The highest BCUT2D eigenvalue weighted by atomic mass is 35.5. The largest absolute Gasteiger partial charge is 0.396 e. The summed E-state index contributed by atoms with van der Waals surface area (Å²) in [5, 5.41) is 12.5. The van der Waals surface area contributed by atoms with Gasteiger partial charge < -0.3 is 15.3 Å². The predicted octanol–water partition coefficient (Wildman–Crippen LogP) is 2.16. The SMILES string of the molecule is CCNc1ncc(Cl)c(N(CCCO)C(C)C)n1. The molecule has 1 heterocycles. The first-order chi connectivity index (χ1) is 8.60. The quantitative estimate of drug-likeness (QED) is 0.796. The third-order valence-corrected chi connectivity index (χ3v) is 2.78. The lowest BCUT2D eigenvalue weighted by Crippen LogP contribution is -2.33. The molecule has 0 aromatic carbocycles. The number of rotatable bonds is 7. The van der Waals surface area contributed by atoms with Crippen molar-refractivity contribution in [1.29, 1.82) is 0 Å². The molecule has 6 heteroatoms. The van der Waals surface area contributed by atoms with E-state index in [9.17, 15) is 0 Å². The first-order valence-electron chi connectivity index (χ1n) is 6.24. The minimum atomic E-state index is 0.159. The van der Waals surface area contributed by atoms with Gasteiger partial charge in [0.05, 0.1) is 6.20 Å². The first kappa shape index (κ1) is 15.0. The molecular weight excluding hydrogens is 252 g/mol. The zero-order valence-electron chi connectivity index (χ0n) is 11.1. The summed E-state index contributed by atoms with van der Waals surface area (Å²) in [5.74, 6) is 1.29. The average Bonchev–Trinajstić information content (AvgIpc) is 2.33. The lowest BCUT2D eigenvalue weighted by atomic mass is 10.3. The second-order valence-corrected chi connectivity index (χ2v) is 4.67. The van der Waals surface area contributed by atoms with E-state index >= 15 is 0 Å². The van der Waals surface area contributed by atoms with Crippen LogP contribution in [0.2, 0.25) is 5.02 Å². The Labute approximate surface area is 113 Å². The van der Waals surface area contributed by atoms with Crippen molar-refractivity contribution in [1.82, 2.24) is 9.97 Å². The molecule has 5 nitrogen and oxygen atoms in total. The van der Waals surface area contributed by atoms with Crippen LogP contribution < -0.4 is 10.2 Å². The maximum absolute atomic E-state index is 8.95. The van der Waals surface area contributed by atoms with E-state index in [1.807, 2.05) is 6.92 Å². The van der Waals surface area contributed by atoms with Crippen LogP contribution in [0.5, 0.6) is 0 Å². The number of anilines is 2. The van der Waals surface area contributed by atoms with Crippen molar-refractivity contribution < 1.29 is 5.11 Å². The van der Waals surface area contributed by atoms with Gasteiger partial charge in [-0.2, -0.15) is 4.98 Å². The molecule has 102 valence electrons. The maximum Gasteiger partial charge on any atom is 0.224 e. The Morgan fingerprint density at radius 1 is 1.50 bits per heavy atom. The molecule has 18 heavy (non-hydrogen) atoms. The number of aliphatic hydroxyl groups excluding tert-OH is 1. The van der Waals surface area contributed by atoms with Crippen molar-refractivity contribution in [2.75, 3.05) is 29.9 Å². The molecule has 0 aliphatic rings. The monoisotopic (exact) mass is 272 g/mol. The van der Waals surface area contributed by atoms with E-state index in [0.29, 0.717) is 23.2 Å². The van der Waals surface area contributed by atoms with Gasteiger partial charge in [0, 0.05) is 25.7 Å². The molecule has 0 fully saturated rings. The fraction of sp³-hybridized carbons (Fsp3) is 0.667. The summed E-state index contributed by atoms with van der Waals surface area (Å²) in [4.78, 5) is 10.6. The van der Waals surface area contributed by atoms with E-state index in [0.717, 1.165) is 13.1 Å². The van der Waals surface area contributed by atoms with Gasteiger partial charge in [-0.25, -0.2) is 4.98 Å². The fourth-order valence-corrected chi connectivity index (χ4v) is 1.85. The topological polar surface area (TPSA) is 61.3 Å². The Balaban J connectivity index is 2.97. The molecule has 0 spiro atoms. The number of hydrogen-bond acceptors (Lipinski definition) is 5. The predicted molar refractivity (Wildman–Crippen MR) is 75.4 cm³/mol. The zero-order valence-corrected chi connectivity index (χ0v) is 11.9. The Kier molecular flexibility index (Phi) is 6.15. The highest BCUT2D eigenvalue weighted by Crippen LogP contribution is 2.25. The highest BCUT2D eigenvalue weighted by molar-refractivity contribution is 6.32. The molecule has 0 saturated heterocycles. The Morgan fingerprint density at radius 2 is 2.22 bits per heavy atom. The molecule has 0 atom stereocenters. The van der Waals surface area contributed by atoms with E-state index in [1.165, 1.54) is 0 Å². The number of hydrogen-bond donors (Lipinski definition) is 2. The second-order valence-electron chi connectivity index (χ2n) is 4.26. The van der Waals surface area contributed by atoms with Gasteiger partial charge in [0.25, 0.3) is 0 Å². The molecule has 0 bridgehead atoms. The fourth-order valence-electron chi connectivity index (χ4n) is 1.65. The molecule has 2 N–H and O–H groups in total. The molecular formula is C12H21ClN4O. The molecule has 0 radical (unpaired) electrons. The summed E-state index contributed by atoms with van der Waals surface area (Å²) in [6, 6.07) is 0.262. The molecule has 1 aromatic rings. The summed E-state index contributed by atoms with van der Waals surface area (Å²) < 4.78 is 0. The number of nitrogens with zero attached hydrogens (tertiary/aromatic N) is 3. The third kappa shape index (κ3) is 3.99. The van der Waals surface area contributed by atoms with Gasteiger partial charge in [-0.3, -0.25) is 0 Å². The van der Waals surface area contributed by atoms with Gasteiger partial charge in [0.15, 0.2) is 5.82 Å². The Hall–Kier alpha value is -1.07. The lowest BCUT2D eigenvalue weighted by Gasteiger charge is -2.28. The van der Waals surface area contributed by atoms with E-state index < -0.39 is 0 Å².